The van der Waals surface area contributed by atoms with E-state index < -0.39 is 0 Å². The average molecular weight is 1280 g/mol. The maximum Gasteiger partial charge on any atom is 0.123 e. The van der Waals surface area contributed by atoms with Gasteiger partial charge in [0.25, 0.3) is 0 Å². The number of pyridine rings is 1. The van der Waals surface area contributed by atoms with Crippen LogP contribution in [0.2, 0.25) is 0 Å². The lowest BCUT2D eigenvalue weighted by atomic mass is 9.74. The molecule has 3 saturated carbocycles. The third kappa shape index (κ3) is 71.6. The van der Waals surface area contributed by atoms with Crippen molar-refractivity contribution in [2.75, 3.05) is 20.3 Å². The van der Waals surface area contributed by atoms with Crippen LogP contribution in [0.1, 0.15) is 353 Å². The van der Waals surface area contributed by atoms with E-state index in [1.165, 1.54) is 144 Å². The van der Waals surface area contributed by atoms with Gasteiger partial charge in [-0.2, -0.15) is 0 Å². The van der Waals surface area contributed by atoms with Crippen LogP contribution in [-0.4, -0.2) is 31.4 Å². The molecule has 3 aromatic rings. The first kappa shape index (κ1) is 94.8. The monoisotopic (exact) mass is 1270 g/mol. The minimum Gasteiger partial charge on any atom is -0.385 e. The average Bonchev–Trinajstić information content (AvgIpc) is 2.53. The predicted octanol–water partition coefficient (Wildman–Crippen LogP) is 28.7. The third-order valence-corrected chi connectivity index (χ3v) is 15.2. The van der Waals surface area contributed by atoms with Crippen molar-refractivity contribution in [2.24, 2.45) is 72.4 Å². The first-order valence-corrected chi connectivity index (χ1v) is 36.1. The second-order valence-corrected chi connectivity index (χ2v) is 39.1. The molecule has 0 N–H and O–H groups in total. The number of ether oxygens (including phenoxy) is 2. The lowest BCUT2D eigenvalue weighted by Crippen LogP contribution is -2.18. The van der Waals surface area contributed by atoms with E-state index in [9.17, 15) is 4.39 Å². The summed E-state index contributed by atoms with van der Waals surface area (Å²) in [5, 5.41) is 0. The van der Waals surface area contributed by atoms with Crippen LogP contribution < -0.4 is 0 Å². The number of hydrogen-bond acceptors (Lipinski definition) is 3. The second kappa shape index (κ2) is 45.8. The van der Waals surface area contributed by atoms with Crippen molar-refractivity contribution in [3.05, 3.63) is 101 Å². The molecule has 1 saturated heterocycles. The van der Waals surface area contributed by atoms with Gasteiger partial charge in [-0.15, -0.1) is 0 Å². The van der Waals surface area contributed by atoms with E-state index >= 15 is 0 Å². The van der Waals surface area contributed by atoms with Gasteiger partial charge in [0.2, 0.25) is 0 Å². The molecule has 536 valence electrons. The van der Waals surface area contributed by atoms with Crippen molar-refractivity contribution in [1.29, 1.82) is 0 Å². The van der Waals surface area contributed by atoms with Gasteiger partial charge in [0, 0.05) is 32.7 Å². The molecule has 2 aromatic carbocycles. The third-order valence-electron chi connectivity index (χ3n) is 15.2. The molecule has 1 aliphatic heterocycles. The highest BCUT2D eigenvalue weighted by Gasteiger charge is 2.27. The van der Waals surface area contributed by atoms with Crippen molar-refractivity contribution in [1.82, 2.24) is 4.98 Å². The minimum absolute atomic E-state index is 0. The fourth-order valence-electron chi connectivity index (χ4n) is 11.9. The molecule has 1 atom stereocenters. The zero-order valence-corrected chi connectivity index (χ0v) is 65.7. The first-order valence-electron chi connectivity index (χ1n) is 36.1. The molecule has 91 heavy (non-hydrogen) atoms. The van der Waals surface area contributed by atoms with Gasteiger partial charge in [0.05, 0.1) is 6.10 Å². The SMILES string of the molecule is C.C.CC(C)(C)CC1CC1.CC(C)(C)CC1CCC1.CC(C)(C)CC1CCCCC1.CC(C)(C)CC1CCCO1.CC(C)(C)Cc1ccc(F)cc1.CC(C)(C)Cc1ccncc1.CC(C)CC(C)(C)C.COCCC(C)(C)C.Cc1cccc(CC(C)(C)C)c1. The molecule has 0 amide bonds. The van der Waals surface area contributed by atoms with Gasteiger partial charge in [-0.3, -0.25) is 4.98 Å². The highest BCUT2D eigenvalue weighted by molar-refractivity contribution is 5.23. The predicted molar refractivity (Wildman–Crippen MR) is 412 cm³/mol. The molecule has 3 nitrogen and oxygen atoms in total. The molecule has 1 unspecified atom stereocenters. The summed E-state index contributed by atoms with van der Waals surface area (Å²) in [4.78, 5) is 3.98. The largest absolute Gasteiger partial charge is 0.385 e. The minimum atomic E-state index is -0.160. The standard InChI is InChI=1S/C12H18.C11H15F.C11H22.C10H15N.C9H18O.C9H18.C8H16.C8H18.C7H16O.2CH4/c1-10-6-5-7-11(8-10)9-12(2,3)4;1-11(2,3)8-9-4-6-10(12)7-5-9;1-11(2,3)9-10-7-5-4-6-8-10;1-10(2,3)8-9-4-6-11-7-5-9;1-9(2,3)7-8-5-4-6-10-8;1-9(2,3)7-8-5-4-6-8;1-8(2,3)6-7-4-5-7;1-7(2)6-8(3,4)5;1-7(2,3)5-6-8-4;;/h5-8H,9H2,1-4H3;4-7H,8H2,1-3H3;10H,4-9H2,1-3H3;4-7H,8H2,1-3H3;8H,4-7H2,1-3H3;8H,4-7H2,1-3H3;7H,4-6H2,1-3H3;7H,6H2,1-5H3;5-6H2,1-4H3;2*1H4. The van der Waals surface area contributed by atoms with Gasteiger partial charge in [0.1, 0.15) is 5.82 Å². The van der Waals surface area contributed by atoms with Crippen LogP contribution in [0.3, 0.4) is 0 Å². The molecule has 4 aliphatic rings. The van der Waals surface area contributed by atoms with E-state index in [1.807, 2.05) is 24.5 Å². The van der Waals surface area contributed by atoms with E-state index in [2.05, 4.69) is 249 Å². The Balaban J connectivity index is -0.000000469. The fraction of sp³-hybridized carbons (Fsp3) is 0.805. The summed E-state index contributed by atoms with van der Waals surface area (Å²) in [5.41, 5.74) is 9.52. The fourth-order valence-corrected chi connectivity index (χ4v) is 11.9. The molecule has 4 fully saturated rings. The topological polar surface area (TPSA) is 31.4 Å². The van der Waals surface area contributed by atoms with Gasteiger partial charge in [-0.1, -0.05) is 322 Å². The number of aromatic nitrogens is 1. The Morgan fingerprint density at radius 3 is 1.11 bits per heavy atom. The maximum atomic E-state index is 12.5. The lowest BCUT2D eigenvalue weighted by molar-refractivity contribution is 0.0763. The Morgan fingerprint density at radius 1 is 0.440 bits per heavy atom. The zero-order chi connectivity index (χ0) is 69.1. The zero-order valence-electron chi connectivity index (χ0n) is 65.7. The van der Waals surface area contributed by atoms with Crippen LogP contribution in [0, 0.1) is 85.1 Å². The molecular weight excluding hydrogens is 1110 g/mol. The van der Waals surface area contributed by atoms with Crippen molar-refractivity contribution in [2.45, 2.75) is 364 Å². The summed E-state index contributed by atoms with van der Waals surface area (Å²) >= 11 is 0. The van der Waals surface area contributed by atoms with Crippen LogP contribution in [-0.2, 0) is 28.7 Å². The summed E-state index contributed by atoms with van der Waals surface area (Å²) in [7, 11) is 1.74. The van der Waals surface area contributed by atoms with E-state index in [0.717, 1.165) is 62.6 Å². The Morgan fingerprint density at radius 2 is 0.835 bits per heavy atom. The van der Waals surface area contributed by atoms with Gasteiger partial charge in [0.15, 0.2) is 0 Å². The summed E-state index contributed by atoms with van der Waals surface area (Å²) in [6.45, 7) is 70.0. The number of methoxy groups -OCH3 is 1. The van der Waals surface area contributed by atoms with E-state index in [1.54, 1.807) is 7.11 Å². The molecule has 0 spiro atoms. The molecule has 4 heteroatoms. The highest BCUT2D eigenvalue weighted by atomic mass is 19.1. The second-order valence-electron chi connectivity index (χ2n) is 39.1. The molecule has 3 aliphatic carbocycles. The quantitative estimate of drug-likeness (QED) is 0.203. The Hall–Kier alpha value is -2.56. The van der Waals surface area contributed by atoms with Gasteiger partial charge in [-0.25, -0.2) is 4.39 Å². The van der Waals surface area contributed by atoms with Gasteiger partial charge in [-0.05, 0) is 191 Å². The van der Waals surface area contributed by atoms with E-state index in [-0.39, 0.29) is 26.1 Å². The Bertz CT molecular complexity index is 2110. The van der Waals surface area contributed by atoms with Crippen LogP contribution in [0.5, 0.6) is 0 Å². The van der Waals surface area contributed by atoms with Crippen LogP contribution in [0.4, 0.5) is 4.39 Å². The number of nitrogens with zero attached hydrogens (tertiary/aromatic N) is 1. The Labute approximate surface area is 573 Å². The molecule has 2 heterocycles. The maximum absolute atomic E-state index is 12.5. The van der Waals surface area contributed by atoms with Crippen LogP contribution in [0.15, 0.2) is 73.1 Å². The Kier molecular flexibility index (Phi) is 47.7. The van der Waals surface area contributed by atoms with E-state index in [0.29, 0.717) is 49.4 Å². The smallest absolute Gasteiger partial charge is 0.123 e. The highest BCUT2D eigenvalue weighted by Crippen LogP contribution is 2.40. The van der Waals surface area contributed by atoms with Gasteiger partial charge >= 0.3 is 0 Å². The normalized spacial score (nSPS) is 16.3. The molecule has 1 aromatic heterocycles. The van der Waals surface area contributed by atoms with Crippen LogP contribution >= 0.6 is 0 Å². The number of halogens is 1. The molecule has 0 radical (unpaired) electrons. The number of rotatable bonds is 10. The molecule has 7 rings (SSSR count). The van der Waals surface area contributed by atoms with Crippen molar-refractivity contribution in [3.8, 4) is 0 Å². The molecular formula is C87H164FNO2. The van der Waals surface area contributed by atoms with Gasteiger partial charge < -0.3 is 9.47 Å². The number of hydrogen-bond donors (Lipinski definition) is 0. The summed E-state index contributed by atoms with van der Waals surface area (Å²) in [6.07, 6.45) is 33.0. The van der Waals surface area contributed by atoms with Crippen molar-refractivity contribution >= 4 is 0 Å². The van der Waals surface area contributed by atoms with Crippen molar-refractivity contribution in [3.63, 3.8) is 0 Å². The lowest BCUT2D eigenvalue weighted by Gasteiger charge is -2.31. The number of aryl methyl sites for hydroxylation is 1. The summed E-state index contributed by atoms with van der Waals surface area (Å²) in [6, 6.07) is 19.6. The first-order chi connectivity index (χ1) is 40.3. The van der Waals surface area contributed by atoms with Crippen molar-refractivity contribution < 1.29 is 13.9 Å². The summed E-state index contributed by atoms with van der Waals surface area (Å²) in [5.74, 6) is 3.89. The number of benzene rings is 2. The van der Waals surface area contributed by atoms with Crippen LogP contribution in [0.25, 0.3) is 0 Å². The summed E-state index contributed by atoms with van der Waals surface area (Å²) < 4.78 is 23.0. The molecule has 0 bridgehead atoms. The van der Waals surface area contributed by atoms with E-state index in [4.69, 9.17) is 9.47 Å².